The second kappa shape index (κ2) is 4.46. The standard InChI is InChI=1S/C14H11FN2O/c1-9-7-10(2)17(14(18)11(9)8-16)13-6-4-3-5-12(13)15/h3-7H,1-2H3. The second-order valence-corrected chi connectivity index (χ2v) is 4.05. The maximum Gasteiger partial charge on any atom is 0.273 e. The summed E-state index contributed by atoms with van der Waals surface area (Å²) in [6.45, 7) is 3.40. The third-order valence-electron chi connectivity index (χ3n) is 2.79. The molecule has 2 aromatic rings. The predicted molar refractivity (Wildman–Crippen MR) is 66.2 cm³/mol. The zero-order valence-corrected chi connectivity index (χ0v) is 10.1. The van der Waals surface area contributed by atoms with Crippen LogP contribution in [0.2, 0.25) is 0 Å². The molecule has 0 aliphatic carbocycles. The number of hydrogen-bond acceptors (Lipinski definition) is 2. The number of aromatic nitrogens is 1. The fourth-order valence-corrected chi connectivity index (χ4v) is 1.96. The molecule has 0 bridgehead atoms. The zero-order chi connectivity index (χ0) is 13.3. The van der Waals surface area contributed by atoms with Gasteiger partial charge in [-0.2, -0.15) is 5.26 Å². The van der Waals surface area contributed by atoms with Crippen LogP contribution in [0.4, 0.5) is 4.39 Å². The Balaban J connectivity index is 2.86. The lowest BCUT2D eigenvalue weighted by Gasteiger charge is -2.12. The third-order valence-corrected chi connectivity index (χ3v) is 2.79. The van der Waals surface area contributed by atoms with Crippen LogP contribution in [0.3, 0.4) is 0 Å². The number of halogens is 1. The van der Waals surface area contributed by atoms with E-state index in [1.807, 2.05) is 6.07 Å². The Hall–Kier alpha value is -2.41. The molecule has 1 aromatic carbocycles. The molecule has 0 radical (unpaired) electrons. The van der Waals surface area contributed by atoms with Gasteiger partial charge >= 0.3 is 0 Å². The van der Waals surface area contributed by atoms with Crippen LogP contribution < -0.4 is 5.56 Å². The minimum absolute atomic E-state index is 0.0452. The number of aryl methyl sites for hydroxylation is 2. The Kier molecular flexibility index (Phi) is 2.99. The Morgan fingerprint density at radius 1 is 1.28 bits per heavy atom. The van der Waals surface area contributed by atoms with Gasteiger partial charge in [-0.15, -0.1) is 0 Å². The van der Waals surface area contributed by atoms with Crippen LogP contribution in [0.1, 0.15) is 16.8 Å². The van der Waals surface area contributed by atoms with Gasteiger partial charge in [-0.3, -0.25) is 9.36 Å². The van der Waals surface area contributed by atoms with E-state index in [0.29, 0.717) is 11.3 Å². The van der Waals surface area contributed by atoms with Gasteiger partial charge in [0.2, 0.25) is 0 Å². The first-order valence-electron chi connectivity index (χ1n) is 5.44. The molecule has 3 nitrogen and oxygen atoms in total. The Bertz CT molecular complexity index is 711. The molecule has 4 heteroatoms. The van der Waals surface area contributed by atoms with Gasteiger partial charge in [-0.1, -0.05) is 12.1 Å². The van der Waals surface area contributed by atoms with Crippen molar-refractivity contribution in [3.05, 3.63) is 63.3 Å². The first-order chi connectivity index (χ1) is 8.56. The zero-order valence-electron chi connectivity index (χ0n) is 10.1. The van der Waals surface area contributed by atoms with Crippen molar-refractivity contribution in [3.8, 4) is 11.8 Å². The fraction of sp³-hybridized carbons (Fsp3) is 0.143. The van der Waals surface area contributed by atoms with Crippen LogP contribution in [-0.2, 0) is 0 Å². The molecule has 0 aliphatic heterocycles. The highest BCUT2D eigenvalue weighted by Crippen LogP contribution is 2.15. The first-order valence-corrected chi connectivity index (χ1v) is 5.44. The average Bonchev–Trinajstić information content (AvgIpc) is 2.31. The molecule has 1 heterocycles. The molecular weight excluding hydrogens is 231 g/mol. The Morgan fingerprint density at radius 3 is 2.56 bits per heavy atom. The lowest BCUT2D eigenvalue weighted by Crippen LogP contribution is -2.24. The normalized spacial score (nSPS) is 10.1. The SMILES string of the molecule is Cc1cc(C)n(-c2ccccc2F)c(=O)c1C#N. The van der Waals surface area contributed by atoms with Crippen LogP contribution in [0.15, 0.2) is 35.1 Å². The van der Waals surface area contributed by atoms with Gasteiger partial charge < -0.3 is 0 Å². The van der Waals surface area contributed by atoms with Crippen molar-refractivity contribution in [1.29, 1.82) is 5.26 Å². The summed E-state index contributed by atoms with van der Waals surface area (Å²) in [6.07, 6.45) is 0. The molecule has 0 fully saturated rings. The van der Waals surface area contributed by atoms with E-state index >= 15 is 0 Å². The number of nitrogens with zero attached hydrogens (tertiary/aromatic N) is 2. The number of hydrogen-bond donors (Lipinski definition) is 0. The van der Waals surface area contributed by atoms with Crippen molar-refractivity contribution in [3.63, 3.8) is 0 Å². The van der Waals surface area contributed by atoms with Crippen molar-refractivity contribution in [2.75, 3.05) is 0 Å². The lowest BCUT2D eigenvalue weighted by atomic mass is 10.1. The van der Waals surface area contributed by atoms with Gasteiger partial charge in [-0.25, -0.2) is 4.39 Å². The second-order valence-electron chi connectivity index (χ2n) is 4.05. The summed E-state index contributed by atoms with van der Waals surface area (Å²) in [5.41, 5.74) is 0.926. The topological polar surface area (TPSA) is 45.8 Å². The quantitative estimate of drug-likeness (QED) is 0.771. The average molecular weight is 242 g/mol. The van der Waals surface area contributed by atoms with E-state index in [1.54, 1.807) is 32.0 Å². The van der Waals surface area contributed by atoms with Crippen molar-refractivity contribution in [2.24, 2.45) is 0 Å². The molecule has 0 spiro atoms. The summed E-state index contributed by atoms with van der Waals surface area (Å²) in [5.74, 6) is -0.490. The molecule has 1 aromatic heterocycles. The first kappa shape index (κ1) is 12.1. The maximum atomic E-state index is 13.7. The van der Waals surface area contributed by atoms with Crippen molar-refractivity contribution >= 4 is 0 Å². The smallest absolute Gasteiger partial charge is 0.273 e. The fourth-order valence-electron chi connectivity index (χ4n) is 1.96. The molecule has 0 saturated carbocycles. The van der Waals surface area contributed by atoms with Crippen LogP contribution in [0, 0.1) is 31.0 Å². The molecule has 0 amide bonds. The van der Waals surface area contributed by atoms with Gasteiger partial charge in [0.1, 0.15) is 17.4 Å². The van der Waals surface area contributed by atoms with Crippen LogP contribution >= 0.6 is 0 Å². The minimum Gasteiger partial charge on any atom is -0.277 e. The van der Waals surface area contributed by atoms with E-state index in [9.17, 15) is 9.18 Å². The van der Waals surface area contributed by atoms with E-state index in [-0.39, 0.29) is 11.3 Å². The number of pyridine rings is 1. The van der Waals surface area contributed by atoms with Gasteiger partial charge in [0.05, 0.1) is 5.69 Å². The largest absolute Gasteiger partial charge is 0.277 e. The van der Waals surface area contributed by atoms with Crippen molar-refractivity contribution in [2.45, 2.75) is 13.8 Å². The molecule has 18 heavy (non-hydrogen) atoms. The van der Waals surface area contributed by atoms with Crippen LogP contribution in [0.5, 0.6) is 0 Å². The molecule has 0 N–H and O–H groups in total. The van der Waals surface area contributed by atoms with Gasteiger partial charge in [0, 0.05) is 5.69 Å². The molecule has 0 aliphatic rings. The predicted octanol–water partition coefficient (Wildman–Crippen LogP) is 2.47. The van der Waals surface area contributed by atoms with Crippen LogP contribution in [-0.4, -0.2) is 4.57 Å². The Morgan fingerprint density at radius 2 is 1.94 bits per heavy atom. The number of rotatable bonds is 1. The lowest BCUT2D eigenvalue weighted by molar-refractivity contribution is 0.614. The van der Waals surface area contributed by atoms with Gasteiger partial charge in [0.15, 0.2) is 0 Å². The highest BCUT2D eigenvalue weighted by Gasteiger charge is 2.13. The molecular formula is C14H11FN2O. The summed E-state index contributed by atoms with van der Waals surface area (Å²) < 4.78 is 15.0. The van der Waals surface area contributed by atoms with E-state index in [4.69, 9.17) is 5.26 Å². The summed E-state index contributed by atoms with van der Waals surface area (Å²) in [6, 6.07) is 9.57. The summed E-state index contributed by atoms with van der Waals surface area (Å²) in [4.78, 5) is 12.2. The van der Waals surface area contributed by atoms with E-state index < -0.39 is 11.4 Å². The van der Waals surface area contributed by atoms with Gasteiger partial charge in [-0.05, 0) is 37.6 Å². The Labute approximate surface area is 104 Å². The molecule has 2 rings (SSSR count). The number of nitriles is 1. The highest BCUT2D eigenvalue weighted by atomic mass is 19.1. The molecule has 0 saturated heterocycles. The van der Waals surface area contributed by atoms with E-state index in [0.717, 1.165) is 0 Å². The van der Waals surface area contributed by atoms with Crippen LogP contribution in [0.25, 0.3) is 5.69 Å². The van der Waals surface area contributed by atoms with E-state index in [2.05, 4.69) is 0 Å². The van der Waals surface area contributed by atoms with E-state index in [1.165, 1.54) is 16.7 Å². The summed E-state index contributed by atoms with van der Waals surface area (Å²) in [5, 5.41) is 8.97. The van der Waals surface area contributed by atoms with Gasteiger partial charge in [0.25, 0.3) is 5.56 Å². The molecule has 0 atom stereocenters. The molecule has 0 unspecified atom stereocenters. The number of para-hydroxylation sites is 1. The minimum atomic E-state index is -0.490. The monoisotopic (exact) mass is 242 g/mol. The molecule has 90 valence electrons. The van der Waals surface area contributed by atoms with Crippen molar-refractivity contribution < 1.29 is 4.39 Å². The highest BCUT2D eigenvalue weighted by molar-refractivity contribution is 5.42. The summed E-state index contributed by atoms with van der Waals surface area (Å²) in [7, 11) is 0. The van der Waals surface area contributed by atoms with Crippen molar-refractivity contribution in [1.82, 2.24) is 4.57 Å². The maximum absolute atomic E-state index is 13.7. The summed E-state index contributed by atoms with van der Waals surface area (Å²) >= 11 is 0. The number of benzene rings is 1. The third kappa shape index (κ3) is 1.80.